The summed E-state index contributed by atoms with van der Waals surface area (Å²) in [6, 6.07) is 0. The predicted molar refractivity (Wildman–Crippen MR) is 101 cm³/mol. The van der Waals surface area contributed by atoms with Crippen LogP contribution in [-0.4, -0.2) is 17.9 Å². The zero-order chi connectivity index (χ0) is 18.8. The van der Waals surface area contributed by atoms with E-state index in [1.165, 1.54) is 18.1 Å². The van der Waals surface area contributed by atoms with Crippen molar-refractivity contribution in [1.82, 2.24) is 0 Å². The van der Waals surface area contributed by atoms with Crippen molar-refractivity contribution in [2.45, 2.75) is 72.8 Å². The number of carbonyl (C=O) groups excluding carboxylic acids is 2. The first-order valence-corrected chi connectivity index (χ1v) is 9.30. The average molecular weight is 344 g/mol. The Morgan fingerprint density at radius 1 is 1.16 bits per heavy atom. The van der Waals surface area contributed by atoms with Crippen molar-refractivity contribution in [3.05, 3.63) is 35.5 Å². The summed E-state index contributed by atoms with van der Waals surface area (Å²) in [4.78, 5) is 24.2. The molecule has 25 heavy (non-hydrogen) atoms. The minimum Gasteiger partial charge on any atom is -0.462 e. The van der Waals surface area contributed by atoms with Crippen molar-refractivity contribution in [3.8, 4) is 0 Å². The number of ketones is 1. The molecule has 0 radical (unpaired) electrons. The van der Waals surface area contributed by atoms with Crippen LogP contribution in [0.15, 0.2) is 35.5 Å². The second-order valence-electron chi connectivity index (χ2n) is 8.28. The summed E-state index contributed by atoms with van der Waals surface area (Å²) in [5.74, 6) is 0.681. The normalized spacial score (nSPS) is 33.6. The van der Waals surface area contributed by atoms with Crippen LogP contribution < -0.4 is 0 Å². The number of rotatable bonds is 2. The molecule has 0 aromatic carbocycles. The van der Waals surface area contributed by atoms with Crippen molar-refractivity contribution < 1.29 is 14.3 Å². The highest BCUT2D eigenvalue weighted by Crippen LogP contribution is 2.51. The second-order valence-corrected chi connectivity index (χ2v) is 8.28. The number of esters is 1. The maximum atomic E-state index is 12.8. The van der Waals surface area contributed by atoms with Crippen LogP contribution in [0, 0.1) is 17.3 Å². The molecule has 4 atom stereocenters. The molecular formula is C22H32O3. The van der Waals surface area contributed by atoms with Gasteiger partial charge in [-0.3, -0.25) is 9.59 Å². The first kappa shape index (κ1) is 19.7. The van der Waals surface area contributed by atoms with Gasteiger partial charge in [0.2, 0.25) is 0 Å². The molecule has 0 aromatic rings. The van der Waals surface area contributed by atoms with Crippen molar-refractivity contribution >= 4 is 11.8 Å². The molecule has 0 saturated heterocycles. The first-order chi connectivity index (χ1) is 11.6. The Morgan fingerprint density at radius 2 is 1.76 bits per heavy atom. The van der Waals surface area contributed by atoms with Gasteiger partial charge in [0.1, 0.15) is 11.9 Å². The molecule has 1 fully saturated rings. The molecular weight excluding hydrogens is 312 g/mol. The van der Waals surface area contributed by atoms with E-state index in [1.807, 2.05) is 6.92 Å². The third-order valence-corrected chi connectivity index (χ3v) is 6.01. The lowest BCUT2D eigenvalue weighted by Gasteiger charge is -2.32. The molecule has 3 nitrogen and oxygen atoms in total. The van der Waals surface area contributed by atoms with Gasteiger partial charge < -0.3 is 4.74 Å². The van der Waals surface area contributed by atoms with Gasteiger partial charge in [-0.2, -0.15) is 0 Å². The monoisotopic (exact) mass is 344 g/mol. The Hall–Kier alpha value is -1.64. The lowest BCUT2D eigenvalue weighted by Crippen LogP contribution is -2.30. The van der Waals surface area contributed by atoms with Crippen molar-refractivity contribution in [2.75, 3.05) is 0 Å². The zero-order valence-corrected chi connectivity index (χ0v) is 16.4. The Balaban J connectivity index is 2.37. The van der Waals surface area contributed by atoms with Gasteiger partial charge in [0.15, 0.2) is 0 Å². The summed E-state index contributed by atoms with van der Waals surface area (Å²) in [5.41, 5.74) is 3.19. The number of hydrogen-bond acceptors (Lipinski definition) is 3. The molecule has 3 heteroatoms. The average Bonchev–Trinajstić information content (AvgIpc) is 2.73. The fourth-order valence-corrected chi connectivity index (χ4v) is 4.42. The number of ether oxygens (including phenoxy) is 1. The molecule has 2 aliphatic carbocycles. The molecule has 4 unspecified atom stereocenters. The number of carbonyl (C=O) groups is 2. The molecule has 2 aliphatic rings. The fourth-order valence-electron chi connectivity index (χ4n) is 4.42. The molecule has 0 aromatic heterocycles. The van der Waals surface area contributed by atoms with Gasteiger partial charge >= 0.3 is 5.97 Å². The predicted octanol–water partition coefficient (Wildman–Crippen LogP) is 5.17. The van der Waals surface area contributed by atoms with Gasteiger partial charge in [0, 0.05) is 31.6 Å². The van der Waals surface area contributed by atoms with Crippen LogP contribution in [0.4, 0.5) is 0 Å². The first-order valence-electron chi connectivity index (χ1n) is 9.30. The summed E-state index contributed by atoms with van der Waals surface area (Å²) in [7, 11) is 0. The second kappa shape index (κ2) is 7.72. The van der Waals surface area contributed by atoms with E-state index in [2.05, 4.69) is 39.5 Å². The van der Waals surface area contributed by atoms with E-state index in [9.17, 15) is 9.59 Å². The van der Waals surface area contributed by atoms with E-state index in [1.54, 1.807) is 0 Å². The minimum absolute atomic E-state index is 0.122. The molecule has 1 saturated carbocycles. The van der Waals surface area contributed by atoms with E-state index in [0.29, 0.717) is 18.1 Å². The van der Waals surface area contributed by atoms with Gasteiger partial charge in [0.25, 0.3) is 0 Å². The third kappa shape index (κ3) is 4.50. The van der Waals surface area contributed by atoms with Crippen LogP contribution in [-0.2, 0) is 14.3 Å². The van der Waals surface area contributed by atoms with Gasteiger partial charge in [-0.15, -0.1) is 0 Å². The van der Waals surface area contributed by atoms with Crippen LogP contribution in [0.25, 0.3) is 0 Å². The minimum atomic E-state index is -0.330. The molecule has 0 aliphatic heterocycles. The van der Waals surface area contributed by atoms with Crippen molar-refractivity contribution in [1.29, 1.82) is 0 Å². The molecule has 0 amide bonds. The highest BCUT2D eigenvalue weighted by Gasteiger charge is 2.50. The van der Waals surface area contributed by atoms with Gasteiger partial charge in [-0.05, 0) is 45.4 Å². The Labute approximate surface area is 152 Å². The standard InChI is InChI=1S/C22H32O3/c1-14(2)19-13-21(24)22(6)10-9-16(4)12-18(25-17(5)23)11-15(3)7-8-20(19)22/h7,9,18-20H,1,8,10-13H2,2-6H3. The van der Waals surface area contributed by atoms with Gasteiger partial charge in [-0.25, -0.2) is 0 Å². The third-order valence-electron chi connectivity index (χ3n) is 6.01. The largest absolute Gasteiger partial charge is 0.462 e. The number of allylic oxidation sites excluding steroid dienone is 3. The van der Waals surface area contributed by atoms with Crippen LogP contribution in [0.5, 0.6) is 0 Å². The highest BCUT2D eigenvalue weighted by atomic mass is 16.5. The lowest BCUT2D eigenvalue weighted by molar-refractivity contribution is -0.146. The molecule has 0 heterocycles. The number of fused-ring (bicyclic) bond motifs is 1. The quantitative estimate of drug-likeness (QED) is 0.512. The van der Waals surface area contributed by atoms with Gasteiger partial charge in [0.05, 0.1) is 0 Å². The lowest BCUT2D eigenvalue weighted by atomic mass is 9.71. The van der Waals surface area contributed by atoms with Crippen molar-refractivity contribution in [3.63, 3.8) is 0 Å². The highest BCUT2D eigenvalue weighted by molar-refractivity contribution is 5.88. The molecule has 0 N–H and O–H groups in total. The molecule has 0 bridgehead atoms. The number of hydrogen-bond donors (Lipinski definition) is 0. The van der Waals surface area contributed by atoms with E-state index >= 15 is 0 Å². The van der Waals surface area contributed by atoms with Crippen molar-refractivity contribution in [2.24, 2.45) is 17.3 Å². The Kier molecular flexibility index (Phi) is 6.08. The van der Waals surface area contributed by atoms with E-state index in [0.717, 1.165) is 31.3 Å². The van der Waals surface area contributed by atoms with E-state index in [4.69, 9.17) is 4.74 Å². The van der Waals surface area contributed by atoms with Crippen LogP contribution in [0.1, 0.15) is 66.7 Å². The molecule has 138 valence electrons. The number of Topliss-reactive ketones (excluding diaryl/α,β-unsaturated/α-hetero) is 1. The maximum Gasteiger partial charge on any atom is 0.302 e. The maximum absolute atomic E-state index is 12.8. The Morgan fingerprint density at radius 3 is 2.32 bits per heavy atom. The molecule has 0 spiro atoms. The smallest absolute Gasteiger partial charge is 0.302 e. The van der Waals surface area contributed by atoms with E-state index in [-0.39, 0.29) is 23.4 Å². The van der Waals surface area contributed by atoms with Crippen LogP contribution in [0.2, 0.25) is 0 Å². The van der Waals surface area contributed by atoms with Gasteiger partial charge in [-0.1, -0.05) is 42.4 Å². The van der Waals surface area contributed by atoms with E-state index < -0.39 is 0 Å². The van der Waals surface area contributed by atoms with Crippen LogP contribution >= 0.6 is 0 Å². The SMILES string of the molecule is C=C(C)C1CC(=O)C2(C)CC=C(C)CC(OC(C)=O)CC(C)=CCC12. The summed E-state index contributed by atoms with van der Waals surface area (Å²) in [6.45, 7) is 13.9. The van der Waals surface area contributed by atoms with Crippen LogP contribution in [0.3, 0.4) is 0 Å². The Bertz CT molecular complexity index is 625. The topological polar surface area (TPSA) is 43.4 Å². The zero-order valence-electron chi connectivity index (χ0n) is 16.4. The molecule has 2 rings (SSSR count). The summed E-state index contributed by atoms with van der Waals surface area (Å²) < 4.78 is 5.50. The summed E-state index contributed by atoms with van der Waals surface area (Å²) in [5, 5.41) is 0. The fraction of sp³-hybridized carbons (Fsp3) is 0.636. The summed E-state index contributed by atoms with van der Waals surface area (Å²) in [6.07, 6.45) is 8.04. The summed E-state index contributed by atoms with van der Waals surface area (Å²) >= 11 is 0.